The van der Waals surface area contributed by atoms with Crippen molar-refractivity contribution in [3.05, 3.63) is 53.1 Å². The van der Waals surface area contributed by atoms with Crippen LogP contribution in [0.5, 0.6) is 5.75 Å². The van der Waals surface area contributed by atoms with Crippen LogP contribution in [-0.2, 0) is 10.0 Å². The second-order valence-electron chi connectivity index (χ2n) is 4.08. The van der Waals surface area contributed by atoms with E-state index in [0.717, 1.165) is 5.56 Å². The van der Waals surface area contributed by atoms with Crippen LogP contribution in [0, 0.1) is 6.92 Å². The Morgan fingerprint density at radius 3 is 2.58 bits per heavy atom. The minimum atomic E-state index is -3.74. The topological polar surface area (TPSA) is 66.4 Å². The number of aryl methyl sites for hydroxylation is 1. The fourth-order valence-electron chi connectivity index (χ4n) is 1.58. The molecule has 2 aromatic carbocycles. The highest BCUT2D eigenvalue weighted by molar-refractivity contribution is 7.92. The second-order valence-corrected chi connectivity index (χ2v) is 6.20. The van der Waals surface area contributed by atoms with Gasteiger partial charge in [-0.2, -0.15) is 0 Å². The van der Waals surface area contributed by atoms with Gasteiger partial charge in [0.1, 0.15) is 5.75 Å². The van der Waals surface area contributed by atoms with Gasteiger partial charge in [-0.15, -0.1) is 0 Å². The van der Waals surface area contributed by atoms with Crippen molar-refractivity contribution >= 4 is 27.3 Å². The van der Waals surface area contributed by atoms with E-state index in [0.29, 0.717) is 5.02 Å². The molecule has 2 rings (SSSR count). The summed E-state index contributed by atoms with van der Waals surface area (Å²) in [6.07, 6.45) is 0. The Morgan fingerprint density at radius 2 is 1.89 bits per heavy atom. The summed E-state index contributed by atoms with van der Waals surface area (Å²) < 4.78 is 26.6. The van der Waals surface area contributed by atoms with Crippen LogP contribution in [0.2, 0.25) is 5.02 Å². The van der Waals surface area contributed by atoms with Crippen LogP contribution in [0.1, 0.15) is 5.56 Å². The lowest BCUT2D eigenvalue weighted by Crippen LogP contribution is -2.13. The monoisotopic (exact) mass is 297 g/mol. The van der Waals surface area contributed by atoms with E-state index in [1.165, 1.54) is 24.3 Å². The number of hydrogen-bond donors (Lipinski definition) is 2. The molecule has 0 radical (unpaired) electrons. The van der Waals surface area contributed by atoms with Gasteiger partial charge >= 0.3 is 0 Å². The van der Waals surface area contributed by atoms with E-state index in [1.807, 2.05) is 0 Å². The Morgan fingerprint density at radius 1 is 1.16 bits per heavy atom. The first-order valence-corrected chi connectivity index (χ1v) is 7.32. The van der Waals surface area contributed by atoms with Gasteiger partial charge < -0.3 is 5.11 Å². The third kappa shape index (κ3) is 3.19. The van der Waals surface area contributed by atoms with E-state index in [2.05, 4.69) is 4.72 Å². The number of phenols is 1. The van der Waals surface area contributed by atoms with Crippen molar-refractivity contribution in [3.63, 3.8) is 0 Å². The van der Waals surface area contributed by atoms with E-state index in [-0.39, 0.29) is 16.3 Å². The maximum Gasteiger partial charge on any atom is 0.262 e. The predicted octanol–water partition coefficient (Wildman–Crippen LogP) is 3.15. The van der Waals surface area contributed by atoms with Crippen molar-refractivity contribution in [1.29, 1.82) is 0 Å². The van der Waals surface area contributed by atoms with E-state index < -0.39 is 10.0 Å². The van der Waals surface area contributed by atoms with Gasteiger partial charge in [0.2, 0.25) is 0 Å². The second kappa shape index (κ2) is 5.11. The smallest absolute Gasteiger partial charge is 0.262 e. The maximum atomic E-state index is 12.2. The van der Waals surface area contributed by atoms with Gasteiger partial charge in [0.15, 0.2) is 0 Å². The third-order valence-electron chi connectivity index (χ3n) is 2.50. The van der Waals surface area contributed by atoms with Crippen molar-refractivity contribution in [2.24, 2.45) is 0 Å². The summed E-state index contributed by atoms with van der Waals surface area (Å²) in [6.45, 7) is 1.80. The van der Waals surface area contributed by atoms with Crippen molar-refractivity contribution in [2.45, 2.75) is 11.8 Å². The Hall–Kier alpha value is -1.72. The largest absolute Gasteiger partial charge is 0.506 e. The summed E-state index contributed by atoms with van der Waals surface area (Å²) in [5, 5.41) is 9.95. The van der Waals surface area contributed by atoms with Crippen LogP contribution in [-0.4, -0.2) is 13.5 Å². The molecule has 0 heterocycles. The summed E-state index contributed by atoms with van der Waals surface area (Å²) in [5.41, 5.74) is 0.882. The minimum Gasteiger partial charge on any atom is -0.506 e. The highest BCUT2D eigenvalue weighted by atomic mass is 35.5. The molecule has 0 amide bonds. The van der Waals surface area contributed by atoms with Gasteiger partial charge in [0, 0.05) is 5.02 Å². The van der Waals surface area contributed by atoms with Gasteiger partial charge in [0.05, 0.1) is 10.6 Å². The van der Waals surface area contributed by atoms with Crippen LogP contribution in [0.15, 0.2) is 47.4 Å². The first-order valence-electron chi connectivity index (χ1n) is 5.46. The molecule has 0 spiro atoms. The fraction of sp³-hybridized carbons (Fsp3) is 0.0769. The summed E-state index contributed by atoms with van der Waals surface area (Å²) in [5.74, 6) is -0.180. The molecule has 0 aliphatic carbocycles. The molecule has 6 heteroatoms. The third-order valence-corrected chi connectivity index (χ3v) is 4.10. The number of nitrogens with one attached hydrogen (secondary N) is 1. The highest BCUT2D eigenvalue weighted by Crippen LogP contribution is 2.28. The minimum absolute atomic E-state index is 0.0500. The zero-order valence-electron chi connectivity index (χ0n) is 10.1. The van der Waals surface area contributed by atoms with Gasteiger partial charge in [-0.05, 0) is 42.8 Å². The van der Waals surface area contributed by atoms with Crippen molar-refractivity contribution in [2.75, 3.05) is 4.72 Å². The van der Waals surface area contributed by atoms with Gasteiger partial charge in [0.25, 0.3) is 10.0 Å². The first-order chi connectivity index (χ1) is 8.88. The van der Waals surface area contributed by atoms with Crippen LogP contribution < -0.4 is 4.72 Å². The molecule has 0 aliphatic rings. The Balaban J connectivity index is 2.39. The quantitative estimate of drug-likeness (QED) is 0.855. The summed E-state index contributed by atoms with van der Waals surface area (Å²) in [4.78, 5) is 0.131. The summed E-state index contributed by atoms with van der Waals surface area (Å²) >= 11 is 5.77. The summed E-state index contributed by atoms with van der Waals surface area (Å²) in [6, 6.07) is 10.6. The summed E-state index contributed by atoms with van der Waals surface area (Å²) in [7, 11) is -3.74. The maximum absolute atomic E-state index is 12.2. The number of aromatic hydroxyl groups is 1. The SMILES string of the molecule is Cc1cccc(S(=O)(=O)Nc2cc(Cl)ccc2O)c1. The molecule has 0 fully saturated rings. The van der Waals surface area contributed by atoms with Crippen LogP contribution >= 0.6 is 11.6 Å². The lowest BCUT2D eigenvalue weighted by molar-refractivity contribution is 0.477. The van der Waals surface area contributed by atoms with Crippen LogP contribution in [0.25, 0.3) is 0 Å². The zero-order valence-corrected chi connectivity index (χ0v) is 11.7. The van der Waals surface area contributed by atoms with E-state index in [1.54, 1.807) is 25.1 Å². The van der Waals surface area contributed by atoms with E-state index >= 15 is 0 Å². The van der Waals surface area contributed by atoms with Gasteiger partial charge in [-0.3, -0.25) is 4.72 Å². The number of phenolic OH excluding ortho intramolecular Hbond substituents is 1. The zero-order chi connectivity index (χ0) is 14.0. The van der Waals surface area contributed by atoms with E-state index in [9.17, 15) is 13.5 Å². The van der Waals surface area contributed by atoms with Crippen LogP contribution in [0.3, 0.4) is 0 Å². The average molecular weight is 298 g/mol. The number of hydrogen-bond acceptors (Lipinski definition) is 3. The van der Waals surface area contributed by atoms with Crippen molar-refractivity contribution < 1.29 is 13.5 Å². The molecule has 0 unspecified atom stereocenters. The number of sulfonamides is 1. The highest BCUT2D eigenvalue weighted by Gasteiger charge is 2.16. The van der Waals surface area contributed by atoms with Crippen LogP contribution in [0.4, 0.5) is 5.69 Å². The lowest BCUT2D eigenvalue weighted by Gasteiger charge is -2.10. The number of benzene rings is 2. The number of anilines is 1. The molecule has 19 heavy (non-hydrogen) atoms. The molecule has 0 atom stereocenters. The Labute approximate surface area is 116 Å². The van der Waals surface area contributed by atoms with Gasteiger partial charge in [-0.1, -0.05) is 23.7 Å². The van der Waals surface area contributed by atoms with Gasteiger partial charge in [-0.25, -0.2) is 8.42 Å². The molecule has 0 saturated heterocycles. The molecular formula is C13H12ClNO3S. The molecule has 0 aliphatic heterocycles. The van der Waals surface area contributed by atoms with Crippen molar-refractivity contribution in [1.82, 2.24) is 0 Å². The molecule has 2 N–H and O–H groups in total. The molecule has 2 aromatic rings. The Kier molecular flexibility index (Phi) is 3.68. The molecule has 0 bridgehead atoms. The normalized spacial score (nSPS) is 11.3. The fourth-order valence-corrected chi connectivity index (χ4v) is 2.92. The molecular weight excluding hydrogens is 286 g/mol. The molecule has 0 saturated carbocycles. The number of halogens is 1. The molecule has 100 valence electrons. The first kappa shape index (κ1) is 13.7. The Bertz CT molecular complexity index is 714. The number of rotatable bonds is 3. The average Bonchev–Trinajstić information content (AvgIpc) is 2.33. The lowest BCUT2D eigenvalue weighted by atomic mass is 10.2. The standard InChI is InChI=1S/C13H12ClNO3S/c1-9-3-2-4-11(7-9)19(17,18)15-12-8-10(14)5-6-13(12)16/h2-8,15-16H,1H3. The van der Waals surface area contributed by atoms with E-state index in [4.69, 9.17) is 11.6 Å². The van der Waals surface area contributed by atoms with Crippen molar-refractivity contribution in [3.8, 4) is 5.75 Å². The molecule has 0 aromatic heterocycles. The predicted molar refractivity (Wildman–Crippen MR) is 75.1 cm³/mol. The molecule has 4 nitrogen and oxygen atoms in total.